The van der Waals surface area contributed by atoms with Gasteiger partial charge in [-0.3, -0.25) is 0 Å². The van der Waals surface area contributed by atoms with Gasteiger partial charge >= 0.3 is 23.9 Å². The predicted octanol–water partition coefficient (Wildman–Crippen LogP) is 0.897. The van der Waals surface area contributed by atoms with E-state index in [-0.39, 0.29) is 23.5 Å². The molecule has 2 N–H and O–H groups in total. The molecule has 0 amide bonds. The normalized spacial score (nSPS) is 12.1. The number of aliphatic hydroxyl groups excluding tert-OH is 2. The van der Waals surface area contributed by atoms with Gasteiger partial charge in [0.1, 0.15) is 0 Å². The van der Waals surface area contributed by atoms with Crippen LogP contribution in [0.1, 0.15) is 20.7 Å². The molecule has 0 aliphatic heterocycles. The first kappa shape index (κ1) is 22.0. The maximum atomic E-state index is 11.7. The van der Waals surface area contributed by atoms with Crippen molar-refractivity contribution < 1.29 is 38.9 Å². The summed E-state index contributed by atoms with van der Waals surface area (Å²) in [4.78, 5) is 46.8. The number of esters is 4. The van der Waals surface area contributed by atoms with Crippen LogP contribution >= 0.6 is 12.4 Å². The molecule has 8 nitrogen and oxygen atoms in total. The second kappa shape index (κ2) is 10.2. The van der Waals surface area contributed by atoms with Gasteiger partial charge in [-0.05, 0) is 24.3 Å². The third kappa shape index (κ3) is 6.00. The van der Waals surface area contributed by atoms with Crippen molar-refractivity contribution in [2.75, 3.05) is 0 Å². The summed E-state index contributed by atoms with van der Waals surface area (Å²) in [5.41, 5.74) is 0.0637. The number of benzene rings is 2. The van der Waals surface area contributed by atoms with Gasteiger partial charge in [0, 0.05) is 0 Å². The Morgan fingerprint density at radius 1 is 0.630 bits per heavy atom. The summed E-state index contributed by atoms with van der Waals surface area (Å²) in [6.07, 6.45) is -4.81. The zero-order chi connectivity index (χ0) is 19.1. The van der Waals surface area contributed by atoms with Gasteiger partial charge in [0.2, 0.25) is 0 Å². The molecule has 0 radical (unpaired) electrons. The fraction of sp³-hybridized carbons (Fsp3) is 0.111. The average Bonchev–Trinajstić information content (AvgIpc) is 2.67. The van der Waals surface area contributed by atoms with Crippen LogP contribution in [0, 0.1) is 0 Å². The van der Waals surface area contributed by atoms with Crippen molar-refractivity contribution in [2.24, 2.45) is 0 Å². The minimum absolute atomic E-state index is 0. The quantitative estimate of drug-likeness (QED) is 0.565. The lowest BCUT2D eigenvalue weighted by Crippen LogP contribution is -2.43. The number of hydrogen-bond donors (Lipinski definition) is 2. The summed E-state index contributed by atoms with van der Waals surface area (Å²) in [5.74, 6) is -5.27. The SMILES string of the molecule is Cl.O=C(OC(=O)[C@H](O)[C@@H](O)C(=O)OC(=O)c1ccccc1)c1ccccc1. The topological polar surface area (TPSA) is 127 Å². The van der Waals surface area contributed by atoms with Gasteiger partial charge in [-0.15, -0.1) is 12.4 Å². The highest BCUT2D eigenvalue weighted by atomic mass is 35.5. The number of rotatable bonds is 5. The van der Waals surface area contributed by atoms with E-state index in [1.165, 1.54) is 48.5 Å². The maximum absolute atomic E-state index is 11.7. The van der Waals surface area contributed by atoms with Gasteiger partial charge in [0.05, 0.1) is 11.1 Å². The highest BCUT2D eigenvalue weighted by Gasteiger charge is 2.35. The largest absolute Gasteiger partial charge is 0.387 e. The lowest BCUT2D eigenvalue weighted by atomic mass is 10.2. The summed E-state index contributed by atoms with van der Waals surface area (Å²) in [6.45, 7) is 0. The molecule has 27 heavy (non-hydrogen) atoms. The van der Waals surface area contributed by atoms with Crippen molar-refractivity contribution in [1.29, 1.82) is 0 Å². The first-order valence-electron chi connectivity index (χ1n) is 7.38. The Bertz CT molecular complexity index is 737. The van der Waals surface area contributed by atoms with Crippen molar-refractivity contribution in [2.45, 2.75) is 12.2 Å². The minimum atomic E-state index is -2.40. The fourth-order valence-corrected chi connectivity index (χ4v) is 1.83. The summed E-state index contributed by atoms with van der Waals surface area (Å²) < 4.78 is 8.76. The molecule has 9 heteroatoms. The molecule has 0 fully saturated rings. The van der Waals surface area contributed by atoms with Gasteiger partial charge in [0.25, 0.3) is 0 Å². The monoisotopic (exact) mass is 394 g/mol. The molecule has 0 saturated carbocycles. The third-order valence-corrected chi connectivity index (χ3v) is 3.19. The minimum Gasteiger partial charge on any atom is -0.387 e. The number of aliphatic hydroxyl groups is 2. The van der Waals surface area contributed by atoms with Crippen molar-refractivity contribution >= 4 is 36.3 Å². The molecule has 2 rings (SSSR count). The summed E-state index contributed by atoms with van der Waals surface area (Å²) in [5, 5.41) is 19.3. The molecule has 2 atom stereocenters. The second-order valence-corrected chi connectivity index (χ2v) is 5.04. The van der Waals surface area contributed by atoms with Crippen LogP contribution in [0.2, 0.25) is 0 Å². The highest BCUT2D eigenvalue weighted by molar-refractivity contribution is 6.01. The molecule has 0 heterocycles. The second-order valence-electron chi connectivity index (χ2n) is 5.04. The van der Waals surface area contributed by atoms with E-state index in [9.17, 15) is 29.4 Å². The van der Waals surface area contributed by atoms with Crippen LogP contribution in [0.15, 0.2) is 60.7 Å². The summed E-state index contributed by atoms with van der Waals surface area (Å²) in [6, 6.07) is 14.8. The van der Waals surface area contributed by atoms with E-state index in [0.29, 0.717) is 0 Å². The zero-order valence-corrected chi connectivity index (χ0v) is 14.5. The fourth-order valence-electron chi connectivity index (χ4n) is 1.83. The first-order chi connectivity index (χ1) is 12.4. The lowest BCUT2D eigenvalue weighted by Gasteiger charge is -2.14. The molecule has 2 aromatic carbocycles. The highest BCUT2D eigenvalue weighted by Crippen LogP contribution is 2.07. The Labute approximate surface area is 159 Å². The lowest BCUT2D eigenvalue weighted by molar-refractivity contribution is -0.166. The molecular formula is C18H15ClO8. The molecule has 0 aliphatic carbocycles. The van der Waals surface area contributed by atoms with Gasteiger partial charge in [-0.1, -0.05) is 36.4 Å². The van der Waals surface area contributed by atoms with Crippen LogP contribution in [-0.2, 0) is 19.1 Å². The molecule has 0 saturated heterocycles. The first-order valence-corrected chi connectivity index (χ1v) is 7.38. The smallest absolute Gasteiger partial charge is 0.346 e. The van der Waals surface area contributed by atoms with Crippen LogP contribution < -0.4 is 0 Å². The molecule has 0 spiro atoms. The zero-order valence-electron chi connectivity index (χ0n) is 13.7. The molecule has 0 unspecified atom stereocenters. The van der Waals surface area contributed by atoms with Crippen molar-refractivity contribution in [3.63, 3.8) is 0 Å². The number of halogens is 1. The molecule has 142 valence electrons. The number of carbonyl (C=O) groups is 4. The van der Waals surface area contributed by atoms with E-state index < -0.39 is 36.1 Å². The van der Waals surface area contributed by atoms with Gasteiger partial charge in [-0.2, -0.15) is 0 Å². The number of hydrogen-bond acceptors (Lipinski definition) is 8. The van der Waals surface area contributed by atoms with E-state index in [2.05, 4.69) is 9.47 Å². The number of carbonyl (C=O) groups excluding carboxylic acids is 4. The van der Waals surface area contributed by atoms with Crippen molar-refractivity contribution in [3.05, 3.63) is 71.8 Å². The molecule has 0 aliphatic rings. The maximum Gasteiger partial charge on any atom is 0.346 e. The average molecular weight is 395 g/mol. The predicted molar refractivity (Wildman–Crippen MR) is 93.0 cm³/mol. The Kier molecular flexibility index (Phi) is 8.28. The van der Waals surface area contributed by atoms with Crippen molar-refractivity contribution in [3.8, 4) is 0 Å². The van der Waals surface area contributed by atoms with Crippen LogP contribution in [0.25, 0.3) is 0 Å². The molecular weight excluding hydrogens is 380 g/mol. The van der Waals surface area contributed by atoms with Gasteiger partial charge in [-0.25, -0.2) is 19.2 Å². The van der Waals surface area contributed by atoms with Crippen molar-refractivity contribution in [1.82, 2.24) is 0 Å². The standard InChI is InChI=1S/C18H14O8.ClH/c19-13(17(23)25-15(21)11-7-3-1-4-8-11)14(20)18(24)26-16(22)12-9-5-2-6-10-12;/h1-10,13-14,19-20H;1H/t13-,14-;/m1./s1. The Morgan fingerprint density at radius 3 is 1.22 bits per heavy atom. The Hall–Kier alpha value is -3.07. The summed E-state index contributed by atoms with van der Waals surface area (Å²) >= 11 is 0. The number of ether oxygens (including phenoxy) is 2. The Balaban J connectivity index is 0.00000364. The van der Waals surface area contributed by atoms with Crippen LogP contribution in [0.4, 0.5) is 0 Å². The molecule has 0 bridgehead atoms. The van der Waals surface area contributed by atoms with E-state index in [4.69, 9.17) is 0 Å². The Morgan fingerprint density at radius 2 is 0.926 bits per heavy atom. The van der Waals surface area contributed by atoms with E-state index >= 15 is 0 Å². The van der Waals surface area contributed by atoms with E-state index in [1.807, 2.05) is 0 Å². The van der Waals surface area contributed by atoms with Gasteiger partial charge < -0.3 is 19.7 Å². The molecule has 0 aromatic heterocycles. The summed E-state index contributed by atoms with van der Waals surface area (Å²) in [7, 11) is 0. The van der Waals surface area contributed by atoms with Crippen LogP contribution in [-0.4, -0.2) is 46.3 Å². The van der Waals surface area contributed by atoms with Crippen LogP contribution in [0.5, 0.6) is 0 Å². The third-order valence-electron chi connectivity index (χ3n) is 3.19. The van der Waals surface area contributed by atoms with E-state index in [0.717, 1.165) is 0 Å². The van der Waals surface area contributed by atoms with Crippen LogP contribution in [0.3, 0.4) is 0 Å². The van der Waals surface area contributed by atoms with Gasteiger partial charge in [0.15, 0.2) is 12.2 Å². The van der Waals surface area contributed by atoms with E-state index in [1.54, 1.807) is 12.1 Å². The molecule has 2 aromatic rings.